The Bertz CT molecular complexity index is 1120. The topological polar surface area (TPSA) is 61.1 Å². The molecule has 25 heavy (non-hydrogen) atoms. The monoisotopic (exact) mass is 420 g/mol. The van der Waals surface area contributed by atoms with Gasteiger partial charge in [-0.3, -0.25) is 4.79 Å². The summed E-state index contributed by atoms with van der Waals surface area (Å²) in [6.07, 6.45) is 6.77. The predicted molar refractivity (Wildman–Crippen MR) is 102 cm³/mol. The van der Waals surface area contributed by atoms with Crippen molar-refractivity contribution in [2.75, 3.05) is 0 Å². The average molecular weight is 421 g/mol. The standard InChI is InChI=1S/C18H17BrN2O3S/c1-3-4-10-20-12-16(19)15-9-11-21(17(15)18(20)22)25(23,24)14-7-5-13(2)6-8-14/h3-9,11-12H,10H2,1-2H3. The van der Waals surface area contributed by atoms with Crippen molar-refractivity contribution in [3.8, 4) is 0 Å². The van der Waals surface area contributed by atoms with Crippen molar-refractivity contribution in [1.82, 2.24) is 8.54 Å². The van der Waals surface area contributed by atoms with Gasteiger partial charge in [0, 0.05) is 28.8 Å². The van der Waals surface area contributed by atoms with E-state index in [1.165, 1.54) is 10.8 Å². The Labute approximate surface area is 154 Å². The first-order chi connectivity index (χ1) is 11.9. The Morgan fingerprint density at radius 2 is 1.84 bits per heavy atom. The van der Waals surface area contributed by atoms with E-state index >= 15 is 0 Å². The molecule has 0 radical (unpaired) electrons. The molecule has 0 N–H and O–H groups in total. The second kappa shape index (κ2) is 6.65. The van der Waals surface area contributed by atoms with Crippen LogP contribution in [0.15, 0.2) is 69.0 Å². The minimum Gasteiger partial charge on any atom is -0.309 e. The average Bonchev–Trinajstić information content (AvgIpc) is 3.04. The van der Waals surface area contributed by atoms with E-state index in [-0.39, 0.29) is 16.0 Å². The largest absolute Gasteiger partial charge is 0.309 e. The van der Waals surface area contributed by atoms with Gasteiger partial charge in [0.2, 0.25) is 0 Å². The highest BCUT2D eigenvalue weighted by molar-refractivity contribution is 9.10. The smallest absolute Gasteiger partial charge is 0.276 e. The van der Waals surface area contributed by atoms with Crippen molar-refractivity contribution in [2.45, 2.75) is 25.3 Å². The highest BCUT2D eigenvalue weighted by atomic mass is 79.9. The number of halogens is 1. The van der Waals surface area contributed by atoms with Gasteiger partial charge in [-0.05, 0) is 48.0 Å². The number of rotatable bonds is 4. The number of benzene rings is 1. The normalized spacial score (nSPS) is 12.3. The molecule has 0 unspecified atom stereocenters. The second-order valence-corrected chi connectivity index (χ2v) is 8.36. The number of allylic oxidation sites excluding steroid dienone is 2. The summed E-state index contributed by atoms with van der Waals surface area (Å²) in [4.78, 5) is 13.0. The summed E-state index contributed by atoms with van der Waals surface area (Å²) in [5, 5.41) is 0.567. The molecule has 0 saturated heterocycles. The van der Waals surface area contributed by atoms with Crippen molar-refractivity contribution in [2.24, 2.45) is 0 Å². The van der Waals surface area contributed by atoms with E-state index in [9.17, 15) is 13.2 Å². The number of hydrogen-bond donors (Lipinski definition) is 0. The minimum atomic E-state index is -3.85. The Morgan fingerprint density at radius 1 is 1.16 bits per heavy atom. The molecule has 5 nitrogen and oxygen atoms in total. The highest BCUT2D eigenvalue weighted by Crippen LogP contribution is 2.25. The van der Waals surface area contributed by atoms with Crippen LogP contribution in [0.3, 0.4) is 0 Å². The summed E-state index contributed by atoms with van der Waals surface area (Å²) in [6, 6.07) is 8.20. The van der Waals surface area contributed by atoms with Crippen molar-refractivity contribution in [3.05, 3.63) is 75.3 Å². The number of aryl methyl sites for hydroxylation is 1. The molecule has 0 aliphatic rings. The fourth-order valence-electron chi connectivity index (χ4n) is 2.60. The SMILES string of the molecule is CC=CCn1cc(Br)c2ccn(S(=O)(=O)c3ccc(C)cc3)c2c1=O. The molecular weight excluding hydrogens is 404 g/mol. The Balaban J connectivity index is 2.28. The van der Waals surface area contributed by atoms with Crippen molar-refractivity contribution >= 4 is 36.9 Å². The summed E-state index contributed by atoms with van der Waals surface area (Å²) in [6.45, 7) is 4.13. The first kappa shape index (κ1) is 17.7. The van der Waals surface area contributed by atoms with Crippen LogP contribution in [0.25, 0.3) is 10.9 Å². The van der Waals surface area contributed by atoms with Crippen molar-refractivity contribution < 1.29 is 8.42 Å². The van der Waals surface area contributed by atoms with Crippen LogP contribution in [-0.4, -0.2) is 17.0 Å². The first-order valence-electron chi connectivity index (χ1n) is 7.69. The molecule has 0 fully saturated rings. The summed E-state index contributed by atoms with van der Waals surface area (Å²) >= 11 is 3.43. The molecule has 3 aromatic rings. The third kappa shape index (κ3) is 3.09. The lowest BCUT2D eigenvalue weighted by Crippen LogP contribution is -2.23. The maximum atomic E-state index is 13.0. The van der Waals surface area contributed by atoms with E-state index in [1.807, 2.05) is 26.0 Å². The van der Waals surface area contributed by atoms with Crippen LogP contribution in [0.4, 0.5) is 0 Å². The van der Waals surface area contributed by atoms with Gasteiger partial charge in [0.1, 0.15) is 5.52 Å². The van der Waals surface area contributed by atoms with Gasteiger partial charge in [-0.2, -0.15) is 0 Å². The fraction of sp³-hybridized carbons (Fsp3) is 0.167. The molecule has 1 aromatic carbocycles. The van der Waals surface area contributed by atoms with Crippen molar-refractivity contribution in [1.29, 1.82) is 0 Å². The highest BCUT2D eigenvalue weighted by Gasteiger charge is 2.22. The Morgan fingerprint density at radius 3 is 2.48 bits per heavy atom. The quantitative estimate of drug-likeness (QED) is 0.604. The van der Waals surface area contributed by atoms with Crippen LogP contribution in [-0.2, 0) is 16.6 Å². The molecule has 0 bridgehead atoms. The van der Waals surface area contributed by atoms with Gasteiger partial charge in [-0.1, -0.05) is 29.8 Å². The van der Waals surface area contributed by atoms with E-state index in [4.69, 9.17) is 0 Å². The molecule has 0 spiro atoms. The van der Waals surface area contributed by atoms with Crippen LogP contribution in [0, 0.1) is 6.92 Å². The van der Waals surface area contributed by atoms with Crippen LogP contribution in [0.2, 0.25) is 0 Å². The second-order valence-electron chi connectivity index (χ2n) is 5.70. The summed E-state index contributed by atoms with van der Waals surface area (Å²) < 4.78 is 29.2. The Hall–Kier alpha value is -2.12. The zero-order valence-electron chi connectivity index (χ0n) is 13.8. The summed E-state index contributed by atoms with van der Waals surface area (Å²) in [5.41, 5.74) is 0.754. The molecule has 0 amide bonds. The zero-order chi connectivity index (χ0) is 18.2. The van der Waals surface area contributed by atoms with E-state index in [0.717, 1.165) is 9.54 Å². The molecule has 0 aliphatic carbocycles. The van der Waals surface area contributed by atoms with Crippen LogP contribution in [0.5, 0.6) is 0 Å². The molecule has 7 heteroatoms. The molecule has 2 aromatic heterocycles. The maximum Gasteiger partial charge on any atom is 0.276 e. The lowest BCUT2D eigenvalue weighted by molar-refractivity contribution is 0.588. The molecular formula is C18H17BrN2O3S. The first-order valence-corrected chi connectivity index (χ1v) is 9.93. The number of nitrogens with zero attached hydrogens (tertiary/aromatic N) is 2. The number of fused-ring (bicyclic) bond motifs is 1. The van der Waals surface area contributed by atoms with Gasteiger partial charge in [-0.25, -0.2) is 12.4 Å². The van der Waals surface area contributed by atoms with E-state index in [0.29, 0.717) is 16.4 Å². The van der Waals surface area contributed by atoms with E-state index in [1.54, 1.807) is 36.5 Å². The van der Waals surface area contributed by atoms with Gasteiger partial charge in [0.25, 0.3) is 15.6 Å². The molecule has 0 aliphatic heterocycles. The molecule has 0 atom stereocenters. The number of hydrogen-bond acceptors (Lipinski definition) is 3. The molecule has 2 heterocycles. The third-order valence-corrected chi connectivity index (χ3v) is 6.28. The lowest BCUT2D eigenvalue weighted by Gasteiger charge is -2.10. The van der Waals surface area contributed by atoms with E-state index < -0.39 is 10.0 Å². The number of pyridine rings is 1. The summed E-state index contributed by atoms with van der Waals surface area (Å²) in [7, 11) is -3.85. The molecule has 3 rings (SSSR count). The molecule has 130 valence electrons. The van der Waals surface area contributed by atoms with Crippen LogP contribution >= 0.6 is 15.9 Å². The minimum absolute atomic E-state index is 0.138. The van der Waals surface area contributed by atoms with Gasteiger partial charge in [-0.15, -0.1) is 0 Å². The lowest BCUT2D eigenvalue weighted by atomic mass is 10.2. The van der Waals surface area contributed by atoms with Gasteiger partial charge < -0.3 is 4.57 Å². The molecule has 0 saturated carbocycles. The van der Waals surface area contributed by atoms with Crippen molar-refractivity contribution in [3.63, 3.8) is 0 Å². The van der Waals surface area contributed by atoms with Gasteiger partial charge in [0.15, 0.2) is 0 Å². The maximum absolute atomic E-state index is 13.0. The Kier molecular flexibility index (Phi) is 4.71. The van der Waals surface area contributed by atoms with E-state index in [2.05, 4.69) is 15.9 Å². The van der Waals surface area contributed by atoms with Gasteiger partial charge >= 0.3 is 0 Å². The third-order valence-electron chi connectivity index (χ3n) is 3.96. The van der Waals surface area contributed by atoms with Crippen LogP contribution in [0.1, 0.15) is 12.5 Å². The zero-order valence-corrected chi connectivity index (χ0v) is 16.2. The predicted octanol–water partition coefficient (Wildman–Crippen LogP) is 3.69. The van der Waals surface area contributed by atoms with Crippen LogP contribution < -0.4 is 5.56 Å². The van der Waals surface area contributed by atoms with Gasteiger partial charge in [0.05, 0.1) is 4.90 Å². The number of aromatic nitrogens is 2. The summed E-state index contributed by atoms with van der Waals surface area (Å²) in [5.74, 6) is 0. The fourth-order valence-corrected chi connectivity index (χ4v) is 4.51.